The topological polar surface area (TPSA) is 103 Å². The summed E-state index contributed by atoms with van der Waals surface area (Å²) in [6, 6.07) is 7.20. The second kappa shape index (κ2) is 9.00. The zero-order valence-electron chi connectivity index (χ0n) is 11.4. The molecule has 1 amide bonds. The molecule has 0 aliphatic heterocycles. The summed E-state index contributed by atoms with van der Waals surface area (Å²) >= 11 is 0. The number of aliphatic hydroxyl groups excluding tert-OH is 1. The first kappa shape index (κ1) is 16.1. The van der Waals surface area contributed by atoms with Crippen LogP contribution in [-0.2, 0) is 4.74 Å². The van der Waals surface area contributed by atoms with E-state index in [1.54, 1.807) is 19.2 Å². The fraction of sp³-hybridized carbons (Fsp3) is 0.462. The molecule has 0 bridgehead atoms. The van der Waals surface area contributed by atoms with E-state index < -0.39 is 12.2 Å². The minimum atomic E-state index is -0.813. The summed E-state index contributed by atoms with van der Waals surface area (Å²) in [6.45, 7) is 1.02. The summed E-state index contributed by atoms with van der Waals surface area (Å²) in [5, 5.41) is 12.6. The van der Waals surface area contributed by atoms with Gasteiger partial charge in [-0.05, 0) is 12.1 Å². The van der Waals surface area contributed by atoms with Crippen LogP contribution < -0.4 is 20.5 Å². The lowest BCUT2D eigenvalue weighted by molar-refractivity contribution is 0.102. The molecule has 0 heterocycles. The quantitative estimate of drug-likeness (QED) is 0.557. The molecule has 1 aromatic carbocycles. The van der Waals surface area contributed by atoms with Crippen LogP contribution in [0.25, 0.3) is 0 Å². The van der Waals surface area contributed by atoms with Crippen LogP contribution in [0.5, 0.6) is 11.5 Å². The lowest BCUT2D eigenvalue weighted by atomic mass is 10.3. The molecule has 0 aliphatic carbocycles. The number of methoxy groups -OCH3 is 1. The number of hydrogen-bond donors (Lipinski definition) is 3. The van der Waals surface area contributed by atoms with Crippen molar-refractivity contribution in [2.75, 3.05) is 33.4 Å². The summed E-state index contributed by atoms with van der Waals surface area (Å²) in [6.07, 6.45) is -1.50. The van der Waals surface area contributed by atoms with E-state index in [-0.39, 0.29) is 13.2 Å². The predicted octanol–water partition coefficient (Wildman–Crippen LogP) is 0.120. The van der Waals surface area contributed by atoms with E-state index in [0.717, 1.165) is 0 Å². The molecular formula is C13H20N2O5. The predicted molar refractivity (Wildman–Crippen MR) is 72.9 cm³/mol. The number of carbonyl (C=O) groups is 1. The minimum absolute atomic E-state index is 0.129. The van der Waals surface area contributed by atoms with Gasteiger partial charge in [0.2, 0.25) is 0 Å². The van der Waals surface area contributed by atoms with E-state index >= 15 is 0 Å². The average molecular weight is 284 g/mol. The zero-order valence-corrected chi connectivity index (χ0v) is 11.4. The van der Waals surface area contributed by atoms with Gasteiger partial charge in [0.05, 0.1) is 7.11 Å². The van der Waals surface area contributed by atoms with Gasteiger partial charge in [0, 0.05) is 13.1 Å². The molecule has 1 atom stereocenters. The normalized spacial score (nSPS) is 11.7. The Hall–Kier alpha value is -1.99. The fourth-order valence-corrected chi connectivity index (χ4v) is 1.48. The number of nitrogens with two attached hydrogens (primary N) is 1. The van der Waals surface area contributed by atoms with E-state index in [0.29, 0.717) is 24.6 Å². The van der Waals surface area contributed by atoms with Crippen LogP contribution in [0.4, 0.5) is 4.79 Å². The molecular weight excluding hydrogens is 264 g/mol. The van der Waals surface area contributed by atoms with Gasteiger partial charge in [-0.3, -0.25) is 0 Å². The Morgan fingerprint density at radius 1 is 1.40 bits per heavy atom. The SMILES string of the molecule is COc1ccccc1OCC(O)CNCCOC(N)=O. The van der Waals surface area contributed by atoms with Crippen LogP contribution in [0.15, 0.2) is 24.3 Å². The number of nitrogens with one attached hydrogen (secondary N) is 1. The fourth-order valence-electron chi connectivity index (χ4n) is 1.48. The summed E-state index contributed by atoms with van der Waals surface area (Å²) in [5.74, 6) is 1.19. The second-order valence-corrected chi connectivity index (χ2v) is 3.99. The Morgan fingerprint density at radius 2 is 2.10 bits per heavy atom. The Balaban J connectivity index is 2.19. The monoisotopic (exact) mass is 284 g/mol. The molecule has 0 radical (unpaired) electrons. The van der Waals surface area contributed by atoms with Crippen LogP contribution in [0.1, 0.15) is 0 Å². The molecule has 7 nitrogen and oxygen atoms in total. The second-order valence-electron chi connectivity index (χ2n) is 3.99. The van der Waals surface area contributed by atoms with Gasteiger partial charge in [0.1, 0.15) is 19.3 Å². The average Bonchev–Trinajstić information content (AvgIpc) is 2.44. The van der Waals surface area contributed by atoms with Crippen molar-refractivity contribution >= 4 is 6.09 Å². The van der Waals surface area contributed by atoms with Crippen LogP contribution in [0.2, 0.25) is 0 Å². The van der Waals surface area contributed by atoms with Gasteiger partial charge in [-0.2, -0.15) is 0 Å². The van der Waals surface area contributed by atoms with E-state index in [9.17, 15) is 9.90 Å². The Labute approximate surface area is 117 Å². The maximum absolute atomic E-state index is 10.3. The lowest BCUT2D eigenvalue weighted by Gasteiger charge is -2.14. The van der Waals surface area contributed by atoms with Crippen molar-refractivity contribution < 1.29 is 24.1 Å². The Morgan fingerprint density at radius 3 is 2.75 bits per heavy atom. The molecule has 0 aliphatic rings. The van der Waals surface area contributed by atoms with Crippen LogP contribution in [-0.4, -0.2) is 50.7 Å². The highest BCUT2D eigenvalue weighted by molar-refractivity contribution is 5.64. The molecule has 4 N–H and O–H groups in total. The Bertz CT molecular complexity index is 414. The smallest absolute Gasteiger partial charge is 0.404 e. The first-order chi connectivity index (χ1) is 9.63. The van der Waals surface area contributed by atoms with Crippen molar-refractivity contribution in [1.82, 2.24) is 5.32 Å². The Kier molecular flexibility index (Phi) is 7.23. The first-order valence-electron chi connectivity index (χ1n) is 6.20. The first-order valence-corrected chi connectivity index (χ1v) is 6.20. The van der Waals surface area contributed by atoms with Crippen LogP contribution in [0.3, 0.4) is 0 Å². The molecule has 1 unspecified atom stereocenters. The largest absolute Gasteiger partial charge is 0.493 e. The molecule has 1 aromatic rings. The van der Waals surface area contributed by atoms with Gasteiger partial charge >= 0.3 is 6.09 Å². The number of amides is 1. The van der Waals surface area contributed by atoms with Crippen molar-refractivity contribution in [3.63, 3.8) is 0 Å². The van der Waals surface area contributed by atoms with Gasteiger partial charge < -0.3 is 30.4 Å². The minimum Gasteiger partial charge on any atom is -0.493 e. The third-order valence-corrected chi connectivity index (χ3v) is 2.40. The molecule has 0 saturated heterocycles. The third kappa shape index (κ3) is 6.26. The van der Waals surface area contributed by atoms with Crippen molar-refractivity contribution in [2.24, 2.45) is 5.73 Å². The van der Waals surface area contributed by atoms with Crippen molar-refractivity contribution in [3.05, 3.63) is 24.3 Å². The zero-order chi connectivity index (χ0) is 14.8. The molecule has 7 heteroatoms. The molecule has 0 spiro atoms. The molecule has 0 aromatic heterocycles. The van der Waals surface area contributed by atoms with Crippen molar-refractivity contribution in [3.8, 4) is 11.5 Å². The van der Waals surface area contributed by atoms with Crippen LogP contribution >= 0.6 is 0 Å². The van der Waals surface area contributed by atoms with Crippen molar-refractivity contribution in [2.45, 2.75) is 6.10 Å². The third-order valence-electron chi connectivity index (χ3n) is 2.40. The number of para-hydroxylation sites is 2. The number of aliphatic hydroxyl groups is 1. The van der Waals surface area contributed by atoms with E-state index in [4.69, 9.17) is 15.2 Å². The number of ether oxygens (including phenoxy) is 3. The van der Waals surface area contributed by atoms with Crippen LogP contribution in [0, 0.1) is 0 Å². The summed E-state index contributed by atoms with van der Waals surface area (Å²) in [5.41, 5.74) is 4.80. The number of carbonyl (C=O) groups excluding carboxylic acids is 1. The van der Waals surface area contributed by atoms with Crippen molar-refractivity contribution in [1.29, 1.82) is 0 Å². The standard InChI is InChI=1S/C13H20N2O5/c1-18-11-4-2-3-5-12(11)20-9-10(16)8-15-6-7-19-13(14)17/h2-5,10,15-16H,6-9H2,1H3,(H2,14,17). The number of hydrogen-bond acceptors (Lipinski definition) is 6. The van der Waals surface area contributed by atoms with Gasteiger partial charge in [-0.1, -0.05) is 12.1 Å². The maximum Gasteiger partial charge on any atom is 0.404 e. The van der Waals surface area contributed by atoms with Gasteiger partial charge in [-0.25, -0.2) is 4.79 Å². The highest BCUT2D eigenvalue weighted by Gasteiger charge is 2.07. The highest BCUT2D eigenvalue weighted by atomic mass is 16.5. The lowest BCUT2D eigenvalue weighted by Crippen LogP contribution is -2.34. The van der Waals surface area contributed by atoms with E-state index in [1.807, 2.05) is 12.1 Å². The van der Waals surface area contributed by atoms with Gasteiger partial charge in [-0.15, -0.1) is 0 Å². The highest BCUT2D eigenvalue weighted by Crippen LogP contribution is 2.25. The number of rotatable bonds is 9. The molecule has 0 fully saturated rings. The number of primary amides is 1. The molecule has 20 heavy (non-hydrogen) atoms. The van der Waals surface area contributed by atoms with E-state index in [1.165, 1.54) is 0 Å². The molecule has 1 rings (SSSR count). The molecule has 0 saturated carbocycles. The van der Waals surface area contributed by atoms with Gasteiger partial charge in [0.15, 0.2) is 11.5 Å². The summed E-state index contributed by atoms with van der Waals surface area (Å²) < 4.78 is 15.1. The maximum atomic E-state index is 10.3. The summed E-state index contributed by atoms with van der Waals surface area (Å²) in [4.78, 5) is 10.3. The molecule has 112 valence electrons. The summed E-state index contributed by atoms with van der Waals surface area (Å²) in [7, 11) is 1.55. The number of benzene rings is 1. The van der Waals surface area contributed by atoms with Gasteiger partial charge in [0.25, 0.3) is 0 Å². The van der Waals surface area contributed by atoms with E-state index in [2.05, 4.69) is 10.1 Å².